The second-order valence-electron chi connectivity index (χ2n) is 6.56. The predicted octanol–water partition coefficient (Wildman–Crippen LogP) is 3.56. The summed E-state index contributed by atoms with van der Waals surface area (Å²) < 4.78 is 5.74. The Bertz CT molecular complexity index is 986. The second kappa shape index (κ2) is 6.66. The molecule has 2 aromatic heterocycles. The van der Waals surface area contributed by atoms with Gasteiger partial charge in [0.25, 0.3) is 0 Å². The molecule has 0 unspecified atom stereocenters. The molecule has 5 nitrogen and oxygen atoms in total. The van der Waals surface area contributed by atoms with Crippen LogP contribution in [0.5, 0.6) is 0 Å². The van der Waals surface area contributed by atoms with Crippen molar-refractivity contribution in [1.29, 1.82) is 5.26 Å². The van der Waals surface area contributed by atoms with Crippen molar-refractivity contribution in [1.82, 2.24) is 4.98 Å². The Kier molecular flexibility index (Phi) is 4.19. The van der Waals surface area contributed by atoms with Gasteiger partial charge >= 0.3 is 0 Å². The standard InChI is InChI=1S/C21H19N3O2/c22-11-17-20(19-9-7-15(12-25)26-19)16-10-14(13-4-2-1-3-5-13)6-8-18(16)24-21(17)23/h1-5,7,9,14,25H,6,8,10,12H2,(H2,23,24)/t14-/m0/s1. The molecule has 1 aliphatic carbocycles. The summed E-state index contributed by atoms with van der Waals surface area (Å²) in [5.74, 6) is 1.63. The van der Waals surface area contributed by atoms with E-state index in [-0.39, 0.29) is 12.4 Å². The van der Waals surface area contributed by atoms with Gasteiger partial charge in [0.15, 0.2) is 0 Å². The highest BCUT2D eigenvalue weighted by molar-refractivity contribution is 5.76. The van der Waals surface area contributed by atoms with Crippen LogP contribution in [0.1, 0.15) is 40.5 Å². The minimum atomic E-state index is -0.183. The van der Waals surface area contributed by atoms with Crippen molar-refractivity contribution in [3.63, 3.8) is 0 Å². The second-order valence-corrected chi connectivity index (χ2v) is 6.56. The van der Waals surface area contributed by atoms with E-state index in [0.29, 0.717) is 23.0 Å². The first-order valence-electron chi connectivity index (χ1n) is 8.67. The molecule has 4 rings (SSSR count). The molecule has 26 heavy (non-hydrogen) atoms. The Morgan fingerprint density at radius 1 is 1.23 bits per heavy atom. The Morgan fingerprint density at radius 2 is 2.04 bits per heavy atom. The number of furan rings is 1. The highest BCUT2D eigenvalue weighted by Crippen LogP contribution is 2.40. The molecule has 2 heterocycles. The van der Waals surface area contributed by atoms with Crippen LogP contribution in [0.4, 0.5) is 5.82 Å². The summed E-state index contributed by atoms with van der Waals surface area (Å²) in [6.45, 7) is -0.183. The van der Waals surface area contributed by atoms with Gasteiger partial charge in [0.1, 0.15) is 35.6 Å². The molecule has 0 radical (unpaired) electrons. The van der Waals surface area contributed by atoms with Crippen molar-refractivity contribution in [3.05, 3.63) is 70.6 Å². The highest BCUT2D eigenvalue weighted by Gasteiger charge is 2.28. The molecule has 0 saturated carbocycles. The SMILES string of the molecule is N#Cc1c(N)nc2c(c1-c1ccc(CO)o1)C[C@@H](c1ccccc1)CC2. The van der Waals surface area contributed by atoms with E-state index in [2.05, 4.69) is 23.2 Å². The van der Waals surface area contributed by atoms with Gasteiger partial charge in [-0.2, -0.15) is 5.26 Å². The molecule has 3 aromatic rings. The number of nitrogens with zero attached hydrogens (tertiary/aromatic N) is 2. The first-order chi connectivity index (χ1) is 12.7. The molecule has 0 bridgehead atoms. The molecule has 3 N–H and O–H groups in total. The average molecular weight is 345 g/mol. The molecule has 0 spiro atoms. The van der Waals surface area contributed by atoms with Crippen molar-refractivity contribution >= 4 is 5.82 Å². The summed E-state index contributed by atoms with van der Waals surface area (Å²) in [5.41, 5.74) is 10.4. The molecule has 1 aromatic carbocycles. The van der Waals surface area contributed by atoms with Crippen LogP contribution in [0, 0.1) is 11.3 Å². The molecule has 0 aliphatic heterocycles. The number of hydrogen-bond acceptors (Lipinski definition) is 5. The summed E-state index contributed by atoms with van der Waals surface area (Å²) in [4.78, 5) is 4.49. The van der Waals surface area contributed by atoms with E-state index >= 15 is 0 Å². The van der Waals surface area contributed by atoms with Crippen LogP contribution in [0.3, 0.4) is 0 Å². The van der Waals surface area contributed by atoms with E-state index in [1.54, 1.807) is 12.1 Å². The third-order valence-corrected chi connectivity index (χ3v) is 5.04. The van der Waals surface area contributed by atoms with Gasteiger partial charge in [-0.25, -0.2) is 4.98 Å². The molecule has 0 saturated heterocycles. The lowest BCUT2D eigenvalue weighted by Gasteiger charge is -2.27. The highest BCUT2D eigenvalue weighted by atomic mass is 16.4. The molecule has 1 atom stereocenters. The largest absolute Gasteiger partial charge is 0.459 e. The first-order valence-corrected chi connectivity index (χ1v) is 8.67. The van der Waals surface area contributed by atoms with Crippen LogP contribution >= 0.6 is 0 Å². The van der Waals surface area contributed by atoms with E-state index in [9.17, 15) is 10.4 Å². The van der Waals surface area contributed by atoms with Gasteiger partial charge in [0.2, 0.25) is 0 Å². The maximum Gasteiger partial charge on any atom is 0.142 e. The van der Waals surface area contributed by atoms with Crippen molar-refractivity contribution in [2.24, 2.45) is 0 Å². The van der Waals surface area contributed by atoms with Crippen LogP contribution in [0.15, 0.2) is 46.9 Å². The van der Waals surface area contributed by atoms with Crippen LogP contribution < -0.4 is 5.73 Å². The Hall–Kier alpha value is -3.10. The summed E-state index contributed by atoms with van der Waals surface area (Å²) >= 11 is 0. The van der Waals surface area contributed by atoms with Crippen LogP contribution in [-0.2, 0) is 19.4 Å². The molecule has 1 aliphatic rings. The third kappa shape index (κ3) is 2.75. The Labute approximate surface area is 151 Å². The Morgan fingerprint density at radius 3 is 2.73 bits per heavy atom. The van der Waals surface area contributed by atoms with Gasteiger partial charge in [-0.15, -0.1) is 0 Å². The van der Waals surface area contributed by atoms with Crippen molar-refractivity contribution in [2.45, 2.75) is 31.8 Å². The van der Waals surface area contributed by atoms with Gasteiger partial charge in [-0.1, -0.05) is 30.3 Å². The van der Waals surface area contributed by atoms with Crippen molar-refractivity contribution in [3.8, 4) is 17.4 Å². The number of rotatable bonds is 3. The minimum Gasteiger partial charge on any atom is -0.459 e. The number of aliphatic hydroxyl groups is 1. The quantitative estimate of drug-likeness (QED) is 0.756. The maximum absolute atomic E-state index is 9.65. The smallest absolute Gasteiger partial charge is 0.142 e. The van der Waals surface area contributed by atoms with Gasteiger partial charge < -0.3 is 15.3 Å². The molecule has 5 heteroatoms. The zero-order valence-corrected chi connectivity index (χ0v) is 14.3. The van der Waals surface area contributed by atoms with Gasteiger partial charge in [-0.3, -0.25) is 0 Å². The average Bonchev–Trinajstić information content (AvgIpc) is 3.16. The number of nitrogen functional groups attached to an aromatic ring is 1. The fourth-order valence-electron chi connectivity index (χ4n) is 3.77. The van der Waals surface area contributed by atoms with Gasteiger partial charge in [-0.05, 0) is 48.4 Å². The number of nitrogens with two attached hydrogens (primary N) is 1. The number of anilines is 1. The maximum atomic E-state index is 9.65. The number of aliphatic hydroxyl groups excluding tert-OH is 1. The van der Waals surface area contributed by atoms with Crippen molar-refractivity contribution < 1.29 is 9.52 Å². The lowest BCUT2D eigenvalue weighted by molar-refractivity contribution is 0.248. The van der Waals surface area contributed by atoms with E-state index in [1.807, 2.05) is 18.2 Å². The fourth-order valence-corrected chi connectivity index (χ4v) is 3.77. The lowest BCUT2D eigenvalue weighted by Crippen LogP contribution is -2.17. The number of nitriles is 1. The normalized spacial score (nSPS) is 16.1. The molecular formula is C21H19N3O2. The van der Waals surface area contributed by atoms with E-state index in [0.717, 1.165) is 36.1 Å². The predicted molar refractivity (Wildman–Crippen MR) is 98.2 cm³/mol. The molecule has 0 fully saturated rings. The summed E-state index contributed by atoms with van der Waals surface area (Å²) in [5, 5.41) is 19.0. The van der Waals surface area contributed by atoms with E-state index < -0.39 is 0 Å². The monoisotopic (exact) mass is 345 g/mol. The molecule has 0 amide bonds. The van der Waals surface area contributed by atoms with E-state index in [1.165, 1.54) is 5.56 Å². The van der Waals surface area contributed by atoms with Crippen LogP contribution in [0.25, 0.3) is 11.3 Å². The number of benzene rings is 1. The summed E-state index contributed by atoms with van der Waals surface area (Å²) in [6, 6.07) is 16.1. The third-order valence-electron chi connectivity index (χ3n) is 5.04. The topological polar surface area (TPSA) is 96.1 Å². The number of pyridine rings is 1. The molecular weight excluding hydrogens is 326 g/mol. The number of fused-ring (bicyclic) bond motifs is 1. The van der Waals surface area contributed by atoms with Crippen molar-refractivity contribution in [2.75, 3.05) is 5.73 Å². The molecule has 130 valence electrons. The number of hydrogen-bond donors (Lipinski definition) is 2. The minimum absolute atomic E-state index is 0.183. The first kappa shape index (κ1) is 16.4. The zero-order valence-electron chi connectivity index (χ0n) is 14.3. The lowest BCUT2D eigenvalue weighted by atomic mass is 9.79. The summed E-state index contributed by atoms with van der Waals surface area (Å²) in [7, 11) is 0. The zero-order chi connectivity index (χ0) is 18.1. The van der Waals surface area contributed by atoms with Crippen LogP contribution in [0.2, 0.25) is 0 Å². The van der Waals surface area contributed by atoms with E-state index in [4.69, 9.17) is 10.2 Å². The fraction of sp³-hybridized carbons (Fsp3) is 0.238. The Balaban J connectivity index is 1.86. The van der Waals surface area contributed by atoms with Gasteiger partial charge in [0.05, 0.1) is 0 Å². The number of aromatic nitrogens is 1. The van der Waals surface area contributed by atoms with Gasteiger partial charge in [0, 0.05) is 11.3 Å². The number of aryl methyl sites for hydroxylation is 1. The summed E-state index contributed by atoms with van der Waals surface area (Å²) in [6.07, 6.45) is 2.59. The van der Waals surface area contributed by atoms with Crippen LogP contribution in [-0.4, -0.2) is 10.1 Å².